The van der Waals surface area contributed by atoms with Gasteiger partial charge in [-0.1, -0.05) is 36.7 Å². The first-order valence-corrected chi connectivity index (χ1v) is 6.42. The van der Waals surface area contributed by atoms with Gasteiger partial charge in [0, 0.05) is 16.8 Å². The summed E-state index contributed by atoms with van der Waals surface area (Å²) in [5.41, 5.74) is 2.03. The first-order valence-electron chi connectivity index (χ1n) is 6.05. The zero-order valence-corrected chi connectivity index (χ0v) is 11.3. The lowest BCUT2D eigenvalue weighted by Crippen LogP contribution is -2.07. The summed E-state index contributed by atoms with van der Waals surface area (Å²) in [6.07, 6.45) is 0.855. The Morgan fingerprint density at radius 3 is 2.67 bits per heavy atom. The van der Waals surface area contributed by atoms with Crippen LogP contribution < -0.4 is 4.74 Å². The van der Waals surface area contributed by atoms with E-state index in [1.165, 1.54) is 0 Å². The first kappa shape index (κ1) is 12.9. The van der Waals surface area contributed by atoms with E-state index in [2.05, 4.69) is 11.9 Å². The van der Waals surface area contributed by atoms with Crippen molar-refractivity contribution in [3.63, 3.8) is 0 Å². The third-order valence-corrected chi connectivity index (χ3v) is 2.95. The molecular weight excluding hydrogens is 246 g/mol. The number of pyridine rings is 1. The maximum absolute atomic E-state index is 6.00. The van der Waals surface area contributed by atoms with E-state index in [1.54, 1.807) is 0 Å². The van der Waals surface area contributed by atoms with Crippen LogP contribution in [0.5, 0.6) is 5.88 Å². The van der Waals surface area contributed by atoms with Gasteiger partial charge in [0.25, 0.3) is 0 Å². The standard InChI is InChI=1S/C15H16ClNO/c1-3-14(12-7-5-8-13(16)10-12)18-15-9-4-6-11(2)17-15/h4-10,14H,3H2,1-2H3. The molecule has 1 heterocycles. The number of halogens is 1. The van der Waals surface area contributed by atoms with Gasteiger partial charge >= 0.3 is 0 Å². The Balaban J connectivity index is 2.19. The monoisotopic (exact) mass is 261 g/mol. The molecule has 2 aromatic rings. The minimum Gasteiger partial charge on any atom is -0.469 e. The van der Waals surface area contributed by atoms with Crippen molar-refractivity contribution in [2.45, 2.75) is 26.4 Å². The van der Waals surface area contributed by atoms with Crippen LogP contribution in [0.15, 0.2) is 42.5 Å². The van der Waals surface area contributed by atoms with Gasteiger partial charge in [0.15, 0.2) is 0 Å². The highest BCUT2D eigenvalue weighted by Gasteiger charge is 2.12. The molecule has 0 fully saturated rings. The predicted octanol–water partition coefficient (Wildman–Crippen LogP) is 4.57. The van der Waals surface area contributed by atoms with Crippen molar-refractivity contribution in [2.24, 2.45) is 0 Å². The highest BCUT2D eigenvalue weighted by atomic mass is 35.5. The van der Waals surface area contributed by atoms with Crippen LogP contribution in [0.2, 0.25) is 5.02 Å². The first-order chi connectivity index (χ1) is 8.69. The van der Waals surface area contributed by atoms with Gasteiger partial charge in [-0.15, -0.1) is 0 Å². The van der Waals surface area contributed by atoms with Crippen LogP contribution in [0.25, 0.3) is 0 Å². The van der Waals surface area contributed by atoms with E-state index in [9.17, 15) is 0 Å². The molecule has 0 aliphatic heterocycles. The van der Waals surface area contributed by atoms with E-state index in [0.29, 0.717) is 5.88 Å². The van der Waals surface area contributed by atoms with Crippen LogP contribution in [-0.4, -0.2) is 4.98 Å². The summed E-state index contributed by atoms with van der Waals surface area (Å²) in [6.45, 7) is 4.04. The maximum Gasteiger partial charge on any atom is 0.214 e. The Hall–Kier alpha value is -1.54. The highest BCUT2D eigenvalue weighted by Crippen LogP contribution is 2.25. The highest BCUT2D eigenvalue weighted by molar-refractivity contribution is 6.30. The van der Waals surface area contributed by atoms with Gasteiger partial charge in [0.2, 0.25) is 5.88 Å². The quantitative estimate of drug-likeness (QED) is 0.804. The predicted molar refractivity (Wildman–Crippen MR) is 74.1 cm³/mol. The summed E-state index contributed by atoms with van der Waals surface area (Å²) < 4.78 is 5.92. The van der Waals surface area contributed by atoms with E-state index >= 15 is 0 Å². The molecule has 0 N–H and O–H groups in total. The van der Waals surface area contributed by atoms with E-state index in [0.717, 1.165) is 22.7 Å². The summed E-state index contributed by atoms with van der Waals surface area (Å²) in [7, 11) is 0. The van der Waals surface area contributed by atoms with Crippen LogP contribution in [0.1, 0.15) is 30.7 Å². The normalized spacial score (nSPS) is 12.2. The number of hydrogen-bond donors (Lipinski definition) is 0. The van der Waals surface area contributed by atoms with Gasteiger partial charge in [-0.3, -0.25) is 0 Å². The molecule has 1 atom stereocenters. The summed E-state index contributed by atoms with van der Waals surface area (Å²) >= 11 is 6.00. The van der Waals surface area contributed by atoms with Crippen molar-refractivity contribution < 1.29 is 4.74 Å². The minimum absolute atomic E-state index is 0.0157. The lowest BCUT2D eigenvalue weighted by atomic mass is 10.1. The fourth-order valence-corrected chi connectivity index (χ4v) is 2.02. The van der Waals surface area contributed by atoms with Crippen LogP contribution in [-0.2, 0) is 0 Å². The smallest absolute Gasteiger partial charge is 0.214 e. The molecule has 0 bridgehead atoms. The van der Waals surface area contributed by atoms with Crippen LogP contribution in [0.3, 0.4) is 0 Å². The average Bonchev–Trinajstić information content (AvgIpc) is 2.36. The second-order valence-corrected chi connectivity index (χ2v) is 4.62. The molecule has 1 unspecified atom stereocenters. The van der Waals surface area contributed by atoms with Gasteiger partial charge in [-0.05, 0) is 37.1 Å². The second-order valence-electron chi connectivity index (χ2n) is 4.19. The summed E-state index contributed by atoms with van der Waals surface area (Å²) in [6, 6.07) is 13.5. The topological polar surface area (TPSA) is 22.1 Å². The molecule has 1 aromatic carbocycles. The van der Waals surface area contributed by atoms with Gasteiger partial charge in [-0.2, -0.15) is 0 Å². The SMILES string of the molecule is CCC(Oc1cccc(C)n1)c1cccc(Cl)c1. The number of hydrogen-bond acceptors (Lipinski definition) is 2. The number of aromatic nitrogens is 1. The van der Waals surface area contributed by atoms with Gasteiger partial charge in [0.1, 0.15) is 6.10 Å². The van der Waals surface area contributed by atoms with Crippen molar-refractivity contribution in [3.8, 4) is 5.88 Å². The zero-order chi connectivity index (χ0) is 13.0. The Bertz CT molecular complexity index is 527. The van der Waals surface area contributed by atoms with E-state index in [4.69, 9.17) is 16.3 Å². The number of aryl methyl sites for hydroxylation is 1. The van der Waals surface area contributed by atoms with E-state index < -0.39 is 0 Å². The minimum atomic E-state index is -0.0157. The lowest BCUT2D eigenvalue weighted by molar-refractivity contribution is 0.192. The molecule has 2 nitrogen and oxygen atoms in total. The Kier molecular flexibility index (Phi) is 4.21. The molecule has 0 radical (unpaired) electrons. The third kappa shape index (κ3) is 3.23. The largest absolute Gasteiger partial charge is 0.469 e. The van der Waals surface area contributed by atoms with Crippen LogP contribution in [0, 0.1) is 6.92 Å². The molecule has 0 saturated heterocycles. The molecule has 0 spiro atoms. The van der Waals surface area contributed by atoms with Crippen molar-refractivity contribution in [3.05, 3.63) is 58.7 Å². The van der Waals surface area contributed by atoms with Gasteiger partial charge < -0.3 is 4.74 Å². The molecule has 0 amide bonds. The van der Waals surface area contributed by atoms with Crippen molar-refractivity contribution in [1.82, 2.24) is 4.98 Å². The molecular formula is C15H16ClNO. The Labute approximate surface area is 113 Å². The van der Waals surface area contributed by atoms with Crippen LogP contribution >= 0.6 is 11.6 Å². The number of ether oxygens (including phenoxy) is 1. The molecule has 0 aliphatic carbocycles. The molecule has 0 saturated carbocycles. The maximum atomic E-state index is 6.00. The van der Waals surface area contributed by atoms with Crippen molar-refractivity contribution in [1.29, 1.82) is 0 Å². The fourth-order valence-electron chi connectivity index (χ4n) is 1.82. The lowest BCUT2D eigenvalue weighted by Gasteiger charge is -2.17. The van der Waals surface area contributed by atoms with Crippen molar-refractivity contribution >= 4 is 11.6 Å². The third-order valence-electron chi connectivity index (χ3n) is 2.72. The van der Waals surface area contributed by atoms with E-state index in [-0.39, 0.29) is 6.10 Å². The zero-order valence-electron chi connectivity index (χ0n) is 10.6. The summed E-state index contributed by atoms with van der Waals surface area (Å²) in [5, 5.41) is 0.728. The Morgan fingerprint density at radius 2 is 2.00 bits per heavy atom. The van der Waals surface area contributed by atoms with Gasteiger partial charge in [0.05, 0.1) is 0 Å². The summed E-state index contributed by atoms with van der Waals surface area (Å²) in [4.78, 5) is 4.35. The second kappa shape index (κ2) is 5.87. The number of rotatable bonds is 4. The van der Waals surface area contributed by atoms with Crippen molar-refractivity contribution in [2.75, 3.05) is 0 Å². The Morgan fingerprint density at radius 1 is 1.22 bits per heavy atom. The average molecular weight is 262 g/mol. The molecule has 18 heavy (non-hydrogen) atoms. The number of nitrogens with zero attached hydrogens (tertiary/aromatic N) is 1. The molecule has 0 aliphatic rings. The van der Waals surface area contributed by atoms with E-state index in [1.807, 2.05) is 49.4 Å². The summed E-state index contributed by atoms with van der Waals surface area (Å²) in [5.74, 6) is 0.654. The van der Waals surface area contributed by atoms with Gasteiger partial charge in [-0.25, -0.2) is 4.98 Å². The number of benzene rings is 1. The molecule has 2 rings (SSSR count). The molecule has 94 valence electrons. The molecule has 3 heteroatoms. The van der Waals surface area contributed by atoms with Crippen LogP contribution in [0.4, 0.5) is 0 Å². The molecule has 1 aromatic heterocycles. The fraction of sp³-hybridized carbons (Fsp3) is 0.267.